The van der Waals surface area contributed by atoms with Gasteiger partial charge < -0.3 is 9.47 Å². The van der Waals surface area contributed by atoms with Crippen LogP contribution in [0, 0.1) is 11.8 Å². The molecule has 0 aromatic heterocycles. The van der Waals surface area contributed by atoms with Gasteiger partial charge in [-0.25, -0.2) is 4.79 Å². The zero-order valence-electron chi connectivity index (χ0n) is 16.9. The summed E-state index contributed by atoms with van der Waals surface area (Å²) in [6.07, 6.45) is 6.86. The van der Waals surface area contributed by atoms with Crippen LogP contribution in [0.1, 0.15) is 60.3 Å². The summed E-state index contributed by atoms with van der Waals surface area (Å²) in [7, 11) is 0. The van der Waals surface area contributed by atoms with Crippen LogP contribution in [0.25, 0.3) is 0 Å². The second-order valence-electron chi connectivity index (χ2n) is 7.96. The number of hydrogen-bond acceptors (Lipinski definition) is 5. The minimum atomic E-state index is -0.495. The molecule has 2 rings (SSSR count). The number of allylic oxidation sites excluding steroid dienone is 3. The monoisotopic (exact) mass is 374 g/mol. The van der Waals surface area contributed by atoms with Gasteiger partial charge in [-0.1, -0.05) is 31.1 Å². The predicted octanol–water partition coefficient (Wildman–Crippen LogP) is 4.08. The first-order chi connectivity index (χ1) is 12.7. The lowest BCUT2D eigenvalue weighted by Crippen LogP contribution is -2.38. The van der Waals surface area contributed by atoms with E-state index < -0.39 is 12.1 Å². The van der Waals surface area contributed by atoms with Gasteiger partial charge in [0.1, 0.15) is 12.2 Å². The average Bonchev–Trinajstić information content (AvgIpc) is 2.85. The molecule has 3 atom stereocenters. The molecule has 0 saturated carbocycles. The van der Waals surface area contributed by atoms with Crippen LogP contribution in [0.5, 0.6) is 0 Å². The van der Waals surface area contributed by atoms with Gasteiger partial charge in [-0.05, 0) is 44.8 Å². The van der Waals surface area contributed by atoms with Crippen LogP contribution in [0.4, 0.5) is 0 Å². The summed E-state index contributed by atoms with van der Waals surface area (Å²) < 4.78 is 11.2. The fourth-order valence-electron chi connectivity index (χ4n) is 3.84. The Morgan fingerprint density at radius 1 is 1.22 bits per heavy atom. The molecule has 5 nitrogen and oxygen atoms in total. The minimum Gasteiger partial charge on any atom is -0.462 e. The first-order valence-corrected chi connectivity index (χ1v) is 9.62. The molecule has 5 heteroatoms. The highest BCUT2D eigenvalue weighted by atomic mass is 16.6. The second-order valence-corrected chi connectivity index (χ2v) is 7.96. The first-order valence-electron chi connectivity index (χ1n) is 9.62. The summed E-state index contributed by atoms with van der Waals surface area (Å²) in [6.45, 7) is 9.40. The zero-order valence-corrected chi connectivity index (χ0v) is 16.9. The van der Waals surface area contributed by atoms with E-state index in [1.54, 1.807) is 12.2 Å². The van der Waals surface area contributed by atoms with Crippen molar-refractivity contribution in [3.05, 3.63) is 34.9 Å². The zero-order chi connectivity index (χ0) is 20.1. The summed E-state index contributed by atoms with van der Waals surface area (Å²) in [5.41, 5.74) is 2.50. The van der Waals surface area contributed by atoms with Crippen molar-refractivity contribution >= 4 is 17.7 Å². The topological polar surface area (TPSA) is 69.7 Å². The Morgan fingerprint density at radius 2 is 1.93 bits per heavy atom. The Hall–Kier alpha value is -2.17. The smallest absolute Gasteiger partial charge is 0.334 e. The predicted molar refractivity (Wildman–Crippen MR) is 103 cm³/mol. The number of carbonyl (C=O) groups is 3. The molecule has 27 heavy (non-hydrogen) atoms. The van der Waals surface area contributed by atoms with E-state index in [2.05, 4.69) is 6.08 Å². The van der Waals surface area contributed by atoms with E-state index in [4.69, 9.17) is 9.47 Å². The second kappa shape index (κ2) is 9.16. The van der Waals surface area contributed by atoms with Crippen molar-refractivity contribution in [1.82, 2.24) is 0 Å². The quantitative estimate of drug-likeness (QED) is 0.538. The summed E-state index contributed by atoms with van der Waals surface area (Å²) in [4.78, 5) is 36.3. The van der Waals surface area contributed by atoms with Crippen LogP contribution in [-0.2, 0) is 23.9 Å². The molecule has 0 spiro atoms. The van der Waals surface area contributed by atoms with E-state index in [0.29, 0.717) is 12.0 Å². The largest absolute Gasteiger partial charge is 0.462 e. The highest BCUT2D eigenvalue weighted by Gasteiger charge is 2.39. The van der Waals surface area contributed by atoms with Gasteiger partial charge in [0, 0.05) is 31.3 Å². The lowest BCUT2D eigenvalue weighted by atomic mass is 9.82. The number of carbonyl (C=O) groups excluding carboxylic acids is 3. The molecule has 0 unspecified atom stereocenters. The van der Waals surface area contributed by atoms with E-state index in [0.717, 1.165) is 24.0 Å². The normalized spacial score (nSPS) is 31.2. The standard InChI is InChI=1S/C22H30O5/c1-13(2)21-19(26-16(5)23)10-15(4)8-6-7-14(3)9-18(24)11-17-12-20(21)27-22(17)25/h8-9,12-13,19-21H,6-7,10-11H2,1-5H3/b14-9-,15-8+/t19-,20-,21-/m1/s1. The number of ether oxygens (including phenoxy) is 2. The van der Waals surface area contributed by atoms with E-state index in [9.17, 15) is 14.4 Å². The molecular formula is C22H30O5. The van der Waals surface area contributed by atoms with Crippen molar-refractivity contribution in [3.63, 3.8) is 0 Å². The van der Waals surface area contributed by atoms with Crippen molar-refractivity contribution < 1.29 is 23.9 Å². The average molecular weight is 374 g/mol. The number of rotatable bonds is 2. The Labute approximate surface area is 161 Å². The van der Waals surface area contributed by atoms with Crippen LogP contribution in [0.2, 0.25) is 0 Å². The van der Waals surface area contributed by atoms with E-state index in [1.165, 1.54) is 6.92 Å². The van der Waals surface area contributed by atoms with Gasteiger partial charge in [0.2, 0.25) is 0 Å². The van der Waals surface area contributed by atoms with Gasteiger partial charge in [-0.15, -0.1) is 0 Å². The number of hydrogen-bond donors (Lipinski definition) is 0. The summed E-state index contributed by atoms with van der Waals surface area (Å²) in [5, 5.41) is 0. The van der Waals surface area contributed by atoms with Gasteiger partial charge in [0.05, 0.1) is 0 Å². The molecule has 1 heterocycles. The van der Waals surface area contributed by atoms with E-state index >= 15 is 0 Å². The van der Waals surface area contributed by atoms with Gasteiger partial charge in [-0.2, -0.15) is 0 Å². The Balaban J connectivity index is 2.43. The summed E-state index contributed by atoms with van der Waals surface area (Å²) in [5.74, 6) is -0.933. The minimum absolute atomic E-state index is 0.0462. The molecular weight excluding hydrogens is 344 g/mol. The first kappa shape index (κ1) is 21.1. The Bertz CT molecular complexity index is 695. The molecule has 2 bridgehead atoms. The van der Waals surface area contributed by atoms with Crippen molar-refractivity contribution in [2.24, 2.45) is 11.8 Å². The fourth-order valence-corrected chi connectivity index (χ4v) is 3.84. The van der Waals surface area contributed by atoms with Crippen molar-refractivity contribution in [2.45, 2.75) is 72.5 Å². The van der Waals surface area contributed by atoms with Crippen LogP contribution in [0.15, 0.2) is 34.9 Å². The molecule has 2 aliphatic rings. The van der Waals surface area contributed by atoms with Crippen LogP contribution in [0.3, 0.4) is 0 Å². The molecule has 1 aliphatic heterocycles. The highest BCUT2D eigenvalue weighted by Crippen LogP contribution is 2.34. The molecule has 0 aromatic rings. The number of esters is 2. The van der Waals surface area contributed by atoms with Crippen LogP contribution >= 0.6 is 0 Å². The van der Waals surface area contributed by atoms with Crippen LogP contribution < -0.4 is 0 Å². The SMILES string of the molecule is CC(=O)O[C@@H]1C/C(C)=C/CC/C(C)=C\C(=O)CC2=C[C@@H](OC2=O)[C@@H]1C(C)C. The molecule has 0 saturated heterocycles. The lowest BCUT2D eigenvalue weighted by molar-refractivity contribution is -0.156. The van der Waals surface area contributed by atoms with Gasteiger partial charge in [0.25, 0.3) is 0 Å². The van der Waals surface area contributed by atoms with Gasteiger partial charge in [0.15, 0.2) is 5.78 Å². The van der Waals surface area contributed by atoms with Gasteiger partial charge >= 0.3 is 11.9 Å². The van der Waals surface area contributed by atoms with E-state index in [-0.39, 0.29) is 36.1 Å². The van der Waals surface area contributed by atoms with Gasteiger partial charge in [-0.3, -0.25) is 9.59 Å². The number of fused-ring (bicyclic) bond motifs is 1. The molecule has 0 amide bonds. The van der Waals surface area contributed by atoms with Crippen molar-refractivity contribution in [2.75, 3.05) is 0 Å². The molecule has 1 aliphatic carbocycles. The highest BCUT2D eigenvalue weighted by molar-refractivity contribution is 6.01. The molecule has 0 fully saturated rings. The summed E-state index contributed by atoms with van der Waals surface area (Å²) >= 11 is 0. The third-order valence-electron chi connectivity index (χ3n) is 5.09. The molecule has 148 valence electrons. The Kier molecular flexibility index (Phi) is 7.17. The van der Waals surface area contributed by atoms with Crippen molar-refractivity contribution in [3.8, 4) is 0 Å². The summed E-state index contributed by atoms with van der Waals surface area (Å²) in [6, 6.07) is 0. The van der Waals surface area contributed by atoms with E-state index in [1.807, 2.05) is 27.7 Å². The molecule has 0 aromatic carbocycles. The van der Waals surface area contributed by atoms with Crippen molar-refractivity contribution in [1.29, 1.82) is 0 Å². The fraction of sp³-hybridized carbons (Fsp3) is 0.591. The third kappa shape index (κ3) is 5.91. The third-order valence-corrected chi connectivity index (χ3v) is 5.09. The maximum absolute atomic E-state index is 12.3. The number of ketones is 1. The lowest BCUT2D eigenvalue weighted by Gasteiger charge is -2.33. The maximum Gasteiger partial charge on any atom is 0.334 e. The molecule has 0 N–H and O–H groups in total. The Morgan fingerprint density at radius 3 is 2.56 bits per heavy atom. The van der Waals surface area contributed by atoms with Crippen LogP contribution in [-0.4, -0.2) is 29.9 Å². The maximum atomic E-state index is 12.3. The molecule has 0 radical (unpaired) electrons.